The van der Waals surface area contributed by atoms with E-state index in [1.165, 1.54) is 6.07 Å². The second-order valence-corrected chi connectivity index (χ2v) is 4.88. The number of carboxylic acid groups (broad SMARTS) is 1. The predicted molar refractivity (Wildman–Crippen MR) is 75.4 cm³/mol. The van der Waals surface area contributed by atoms with Crippen LogP contribution in [0.3, 0.4) is 0 Å². The zero-order chi connectivity index (χ0) is 14.9. The fraction of sp³-hybridized carbons (Fsp3) is 0.286. The molecule has 2 aromatic rings. The van der Waals surface area contributed by atoms with E-state index in [9.17, 15) is 9.90 Å². The molecule has 1 N–H and O–H groups in total. The molecule has 1 heterocycles. The Hall–Kier alpha value is -2.01. The summed E-state index contributed by atoms with van der Waals surface area (Å²) in [4.78, 5) is 11.2. The lowest BCUT2D eigenvalue weighted by atomic mass is 10.1. The van der Waals surface area contributed by atoms with Crippen LogP contribution in [0.1, 0.15) is 27.2 Å². The zero-order valence-corrected chi connectivity index (χ0v) is 12.2. The number of hydrogen-bond acceptors (Lipinski definition) is 3. The molecule has 0 saturated heterocycles. The van der Waals surface area contributed by atoms with Crippen molar-refractivity contribution in [2.24, 2.45) is 7.05 Å². The van der Waals surface area contributed by atoms with E-state index in [0.29, 0.717) is 10.9 Å². The van der Waals surface area contributed by atoms with E-state index in [2.05, 4.69) is 5.10 Å². The third kappa shape index (κ3) is 2.63. The van der Waals surface area contributed by atoms with Gasteiger partial charge in [-0.1, -0.05) is 23.7 Å². The third-order valence-corrected chi connectivity index (χ3v) is 3.55. The summed E-state index contributed by atoms with van der Waals surface area (Å²) in [6.07, 6.45) is 0. The molecule has 6 heteroatoms. The Bertz CT molecular complexity index is 665. The number of carboxylic acids is 1. The van der Waals surface area contributed by atoms with Crippen molar-refractivity contribution in [1.29, 1.82) is 0 Å². The highest BCUT2D eigenvalue weighted by Crippen LogP contribution is 2.26. The van der Waals surface area contributed by atoms with E-state index in [0.717, 1.165) is 16.8 Å². The molecule has 0 bridgehead atoms. The number of para-hydroxylation sites is 1. The van der Waals surface area contributed by atoms with Crippen LogP contribution in [0.15, 0.2) is 18.2 Å². The first-order chi connectivity index (χ1) is 9.41. The van der Waals surface area contributed by atoms with Crippen molar-refractivity contribution >= 4 is 17.6 Å². The SMILES string of the molecule is Cc1cccc(C(=O)O)c1OCc1c(C)nn(C)c1Cl. The molecule has 0 unspecified atom stereocenters. The Morgan fingerprint density at radius 3 is 2.70 bits per heavy atom. The molecule has 0 spiro atoms. The molecule has 0 radical (unpaired) electrons. The normalized spacial score (nSPS) is 10.6. The predicted octanol–water partition coefficient (Wildman–Crippen LogP) is 2.97. The average molecular weight is 295 g/mol. The Kier molecular flexibility index (Phi) is 3.99. The number of aromatic carboxylic acids is 1. The third-order valence-electron chi connectivity index (χ3n) is 3.07. The maximum Gasteiger partial charge on any atom is 0.339 e. The molecule has 0 fully saturated rings. The van der Waals surface area contributed by atoms with Gasteiger partial charge in [-0.2, -0.15) is 5.10 Å². The Balaban J connectivity index is 2.30. The quantitative estimate of drug-likeness (QED) is 0.941. The number of aryl methyl sites for hydroxylation is 3. The summed E-state index contributed by atoms with van der Waals surface area (Å²) in [7, 11) is 1.75. The monoisotopic (exact) mass is 294 g/mol. The van der Waals surface area contributed by atoms with Crippen LogP contribution in [0.5, 0.6) is 5.75 Å². The van der Waals surface area contributed by atoms with Crippen molar-refractivity contribution in [3.8, 4) is 5.75 Å². The average Bonchev–Trinajstić information content (AvgIpc) is 2.62. The highest BCUT2D eigenvalue weighted by atomic mass is 35.5. The first-order valence-electron chi connectivity index (χ1n) is 6.05. The zero-order valence-electron chi connectivity index (χ0n) is 11.5. The second kappa shape index (κ2) is 5.54. The van der Waals surface area contributed by atoms with Gasteiger partial charge in [-0.05, 0) is 25.5 Å². The number of ether oxygens (including phenoxy) is 1. The fourth-order valence-electron chi connectivity index (χ4n) is 1.99. The van der Waals surface area contributed by atoms with Gasteiger partial charge in [-0.3, -0.25) is 4.68 Å². The van der Waals surface area contributed by atoms with Crippen LogP contribution in [-0.2, 0) is 13.7 Å². The number of nitrogens with zero attached hydrogens (tertiary/aromatic N) is 2. The lowest BCUT2D eigenvalue weighted by molar-refractivity contribution is 0.0691. The van der Waals surface area contributed by atoms with Crippen LogP contribution in [0.2, 0.25) is 5.15 Å². The largest absolute Gasteiger partial charge is 0.488 e. The van der Waals surface area contributed by atoms with Gasteiger partial charge in [0.1, 0.15) is 23.1 Å². The van der Waals surface area contributed by atoms with E-state index < -0.39 is 5.97 Å². The van der Waals surface area contributed by atoms with Crippen LogP contribution < -0.4 is 4.74 Å². The van der Waals surface area contributed by atoms with Gasteiger partial charge in [-0.25, -0.2) is 4.79 Å². The van der Waals surface area contributed by atoms with Gasteiger partial charge in [0.05, 0.1) is 5.69 Å². The summed E-state index contributed by atoms with van der Waals surface area (Å²) in [5, 5.41) is 13.9. The topological polar surface area (TPSA) is 64.3 Å². The Morgan fingerprint density at radius 1 is 1.45 bits per heavy atom. The van der Waals surface area contributed by atoms with Crippen molar-refractivity contribution < 1.29 is 14.6 Å². The summed E-state index contributed by atoms with van der Waals surface area (Å²) >= 11 is 6.13. The fourth-order valence-corrected chi connectivity index (χ4v) is 2.22. The minimum Gasteiger partial charge on any atom is -0.488 e. The molecular weight excluding hydrogens is 280 g/mol. The smallest absolute Gasteiger partial charge is 0.339 e. The maximum atomic E-state index is 11.2. The highest BCUT2D eigenvalue weighted by molar-refractivity contribution is 6.30. The number of aromatic nitrogens is 2. The molecule has 20 heavy (non-hydrogen) atoms. The molecule has 0 amide bonds. The van der Waals surface area contributed by atoms with E-state index in [-0.39, 0.29) is 12.2 Å². The number of benzene rings is 1. The Labute approximate surface area is 121 Å². The number of halogens is 1. The van der Waals surface area contributed by atoms with Gasteiger partial charge >= 0.3 is 5.97 Å². The van der Waals surface area contributed by atoms with Gasteiger partial charge < -0.3 is 9.84 Å². The van der Waals surface area contributed by atoms with Crippen molar-refractivity contribution in [2.45, 2.75) is 20.5 Å². The maximum absolute atomic E-state index is 11.2. The molecule has 0 aliphatic heterocycles. The van der Waals surface area contributed by atoms with Crippen LogP contribution in [0.4, 0.5) is 0 Å². The molecule has 0 saturated carbocycles. The van der Waals surface area contributed by atoms with Crippen molar-refractivity contribution in [1.82, 2.24) is 9.78 Å². The summed E-state index contributed by atoms with van der Waals surface area (Å²) in [6.45, 7) is 3.82. The first-order valence-corrected chi connectivity index (χ1v) is 6.43. The van der Waals surface area contributed by atoms with Crippen LogP contribution in [0.25, 0.3) is 0 Å². The number of hydrogen-bond donors (Lipinski definition) is 1. The van der Waals surface area contributed by atoms with Gasteiger partial charge in [0, 0.05) is 12.6 Å². The Morgan fingerprint density at radius 2 is 2.15 bits per heavy atom. The van der Waals surface area contributed by atoms with Crippen molar-refractivity contribution in [2.75, 3.05) is 0 Å². The standard InChI is InChI=1S/C14H15ClN2O3/c1-8-5-4-6-10(14(18)19)12(8)20-7-11-9(2)16-17(3)13(11)15/h4-6H,7H2,1-3H3,(H,18,19). The van der Waals surface area contributed by atoms with Gasteiger partial charge in [-0.15, -0.1) is 0 Å². The summed E-state index contributed by atoms with van der Waals surface area (Å²) < 4.78 is 7.23. The van der Waals surface area contributed by atoms with Crippen molar-refractivity contribution in [3.63, 3.8) is 0 Å². The molecule has 106 valence electrons. The van der Waals surface area contributed by atoms with Crippen LogP contribution in [-0.4, -0.2) is 20.9 Å². The van der Waals surface area contributed by atoms with E-state index >= 15 is 0 Å². The molecule has 1 aromatic heterocycles. The van der Waals surface area contributed by atoms with E-state index in [4.69, 9.17) is 16.3 Å². The minimum atomic E-state index is -1.02. The lowest BCUT2D eigenvalue weighted by Crippen LogP contribution is -2.05. The molecule has 1 aromatic carbocycles. The molecule has 0 aliphatic rings. The summed E-state index contributed by atoms with van der Waals surface area (Å²) in [5.74, 6) is -0.656. The van der Waals surface area contributed by atoms with Gasteiger partial charge in [0.2, 0.25) is 0 Å². The van der Waals surface area contributed by atoms with Crippen LogP contribution >= 0.6 is 11.6 Å². The minimum absolute atomic E-state index is 0.141. The van der Waals surface area contributed by atoms with E-state index in [1.54, 1.807) is 30.8 Å². The molecular formula is C14H15ClN2O3. The molecule has 0 aliphatic carbocycles. The number of rotatable bonds is 4. The molecule has 0 atom stereocenters. The van der Waals surface area contributed by atoms with E-state index in [1.807, 2.05) is 6.92 Å². The summed E-state index contributed by atoms with van der Waals surface area (Å²) in [6, 6.07) is 5.01. The van der Waals surface area contributed by atoms with Gasteiger partial charge in [0.25, 0.3) is 0 Å². The van der Waals surface area contributed by atoms with Gasteiger partial charge in [0.15, 0.2) is 0 Å². The lowest BCUT2D eigenvalue weighted by Gasteiger charge is -2.11. The molecule has 2 rings (SSSR count). The van der Waals surface area contributed by atoms with Crippen LogP contribution in [0, 0.1) is 13.8 Å². The van der Waals surface area contributed by atoms with Crippen molar-refractivity contribution in [3.05, 3.63) is 45.7 Å². The second-order valence-electron chi connectivity index (χ2n) is 4.52. The summed E-state index contributed by atoms with van der Waals surface area (Å²) in [5.41, 5.74) is 2.43. The molecule has 5 nitrogen and oxygen atoms in total. The number of carbonyl (C=O) groups is 1. The first kappa shape index (κ1) is 14.4. The highest BCUT2D eigenvalue weighted by Gasteiger charge is 2.16.